The SMILES string of the molecule is CC[N+](CC)(CC)O[PH+](OC[C@H]1O[C@@H](n2cnc3c(N)ncnc32)C[C@@H]1O)O[C@H]1C[C@H](n2cnc3c(N)ncnc32)O[C@@H]1CO. The molecule has 6 N–H and O–H groups in total. The number of anilines is 2. The summed E-state index contributed by atoms with van der Waals surface area (Å²) >= 11 is 0. The molecule has 45 heavy (non-hydrogen) atoms. The molecule has 2 saturated heterocycles. The van der Waals surface area contributed by atoms with E-state index in [1.54, 1.807) is 21.8 Å². The van der Waals surface area contributed by atoms with E-state index < -0.39 is 45.5 Å². The van der Waals surface area contributed by atoms with Gasteiger partial charge in [-0.1, -0.05) is 0 Å². The van der Waals surface area contributed by atoms with Crippen molar-refractivity contribution in [3.05, 3.63) is 25.3 Å². The van der Waals surface area contributed by atoms with Crippen molar-refractivity contribution in [1.29, 1.82) is 0 Å². The lowest BCUT2D eigenvalue weighted by Crippen LogP contribution is -2.46. The van der Waals surface area contributed by atoms with Crippen LogP contribution in [0.25, 0.3) is 22.3 Å². The minimum Gasteiger partial charge on any atom is -0.394 e. The van der Waals surface area contributed by atoms with Crippen molar-refractivity contribution in [3.63, 3.8) is 0 Å². The first kappa shape index (κ1) is 31.8. The van der Waals surface area contributed by atoms with Gasteiger partial charge in [0.1, 0.15) is 80.7 Å². The van der Waals surface area contributed by atoms with Gasteiger partial charge in [0.05, 0.1) is 25.4 Å². The molecular formula is C26H40N11O7P+2. The van der Waals surface area contributed by atoms with E-state index in [1.807, 2.05) is 20.8 Å². The molecule has 2 aliphatic heterocycles. The van der Waals surface area contributed by atoms with Crippen LogP contribution in [0.15, 0.2) is 25.3 Å². The summed E-state index contributed by atoms with van der Waals surface area (Å²) in [6.45, 7) is 7.90. The topological polar surface area (TPSA) is 226 Å². The maximum atomic E-state index is 10.9. The highest BCUT2D eigenvalue weighted by Crippen LogP contribution is 2.49. The van der Waals surface area contributed by atoms with Crippen LogP contribution in [-0.2, 0) is 23.1 Å². The van der Waals surface area contributed by atoms with Gasteiger partial charge in [0.2, 0.25) is 0 Å². The van der Waals surface area contributed by atoms with Gasteiger partial charge in [-0.3, -0.25) is 9.13 Å². The number of hydroxylamine groups is 3. The van der Waals surface area contributed by atoms with Crippen LogP contribution in [0.4, 0.5) is 11.6 Å². The van der Waals surface area contributed by atoms with Crippen molar-refractivity contribution < 1.29 is 38.0 Å². The first-order valence-electron chi connectivity index (χ1n) is 15.0. The molecule has 7 atom stereocenters. The zero-order valence-corrected chi connectivity index (χ0v) is 26.3. The Hall–Kier alpha value is -3.19. The number of hydrogen-bond donors (Lipinski definition) is 4. The molecule has 0 aromatic carbocycles. The lowest BCUT2D eigenvalue weighted by Gasteiger charge is -2.30. The quantitative estimate of drug-likeness (QED) is 0.0897. The van der Waals surface area contributed by atoms with Gasteiger partial charge < -0.3 is 31.2 Å². The molecule has 0 saturated carbocycles. The number of rotatable bonds is 13. The summed E-state index contributed by atoms with van der Waals surface area (Å²) < 4.78 is 35.5. The van der Waals surface area contributed by atoms with E-state index in [1.165, 1.54) is 12.7 Å². The first-order valence-corrected chi connectivity index (χ1v) is 16.2. The Kier molecular flexibility index (Phi) is 9.37. The maximum absolute atomic E-state index is 10.9. The van der Waals surface area contributed by atoms with Crippen LogP contribution >= 0.6 is 8.60 Å². The summed E-state index contributed by atoms with van der Waals surface area (Å²) in [6, 6.07) is 0. The maximum Gasteiger partial charge on any atom is 0.465 e. The van der Waals surface area contributed by atoms with Crippen molar-refractivity contribution in [2.24, 2.45) is 0 Å². The smallest absolute Gasteiger partial charge is 0.394 e. The molecule has 6 heterocycles. The lowest BCUT2D eigenvalue weighted by molar-refractivity contribution is -1.08. The third kappa shape index (κ3) is 6.17. The van der Waals surface area contributed by atoms with Crippen LogP contribution < -0.4 is 11.5 Å². The number of aliphatic hydroxyl groups is 2. The summed E-state index contributed by atoms with van der Waals surface area (Å²) in [4.78, 5) is 25.2. The van der Waals surface area contributed by atoms with Gasteiger partial charge in [0.15, 0.2) is 22.9 Å². The van der Waals surface area contributed by atoms with Crippen molar-refractivity contribution >= 4 is 42.6 Å². The molecule has 0 aliphatic carbocycles. The number of fused-ring (bicyclic) bond motifs is 2. The third-order valence-corrected chi connectivity index (χ3v) is 10.0. The number of ether oxygens (including phenoxy) is 2. The molecule has 0 radical (unpaired) electrons. The Balaban J connectivity index is 1.17. The molecule has 2 fully saturated rings. The fraction of sp³-hybridized carbons (Fsp3) is 0.615. The molecule has 4 aromatic rings. The number of nitrogens with zero attached hydrogens (tertiary/aromatic N) is 9. The second-order valence-corrected chi connectivity index (χ2v) is 12.2. The number of aliphatic hydroxyl groups excluding tert-OH is 2. The van der Waals surface area contributed by atoms with Gasteiger partial charge >= 0.3 is 8.60 Å². The van der Waals surface area contributed by atoms with E-state index in [9.17, 15) is 10.2 Å². The van der Waals surface area contributed by atoms with Crippen molar-refractivity contribution in [1.82, 2.24) is 39.0 Å². The second-order valence-electron chi connectivity index (χ2n) is 11.0. The second kappa shape index (κ2) is 13.3. The Bertz CT molecular complexity index is 1600. The van der Waals surface area contributed by atoms with Crippen molar-refractivity contribution in [2.75, 3.05) is 44.3 Å². The highest BCUT2D eigenvalue weighted by molar-refractivity contribution is 7.41. The number of nitrogen functional groups attached to an aromatic ring is 2. The summed E-state index contributed by atoms with van der Waals surface area (Å²) in [6.07, 6.45) is 2.76. The molecule has 1 unspecified atom stereocenters. The molecule has 4 aromatic heterocycles. The van der Waals surface area contributed by atoms with Gasteiger partial charge in [-0.15, -0.1) is 4.65 Å². The molecule has 0 amide bonds. The minimum atomic E-state index is -2.46. The lowest BCUT2D eigenvalue weighted by atomic mass is 10.2. The number of nitrogens with two attached hydrogens (primary N) is 2. The Morgan fingerprint density at radius 3 is 1.98 bits per heavy atom. The van der Waals surface area contributed by atoms with Crippen LogP contribution in [-0.4, -0.2) is 111 Å². The highest BCUT2D eigenvalue weighted by atomic mass is 31.2. The molecule has 0 bridgehead atoms. The van der Waals surface area contributed by atoms with E-state index >= 15 is 0 Å². The fourth-order valence-corrected chi connectivity index (χ4v) is 7.40. The van der Waals surface area contributed by atoms with E-state index in [-0.39, 0.29) is 24.8 Å². The molecule has 18 nitrogen and oxygen atoms in total. The molecule has 2 aliphatic rings. The van der Waals surface area contributed by atoms with E-state index in [0.717, 1.165) is 0 Å². The summed E-state index contributed by atoms with van der Waals surface area (Å²) in [5.74, 6) is 0.529. The van der Waals surface area contributed by atoms with Crippen LogP contribution in [0.1, 0.15) is 46.1 Å². The Labute approximate surface area is 259 Å². The fourth-order valence-electron chi connectivity index (χ4n) is 5.73. The number of hydrogen-bond acceptors (Lipinski definition) is 15. The summed E-state index contributed by atoms with van der Waals surface area (Å²) in [7, 11) is -2.46. The molecule has 19 heteroatoms. The number of aromatic nitrogens is 8. The van der Waals surface area contributed by atoms with E-state index in [0.29, 0.717) is 59.5 Å². The van der Waals surface area contributed by atoms with Crippen LogP contribution in [0, 0.1) is 0 Å². The summed E-state index contributed by atoms with van der Waals surface area (Å²) in [5.41, 5.74) is 13.9. The normalized spacial score (nSPS) is 26.3. The summed E-state index contributed by atoms with van der Waals surface area (Å²) in [5, 5.41) is 21.1. The predicted molar refractivity (Wildman–Crippen MR) is 162 cm³/mol. The molecule has 244 valence electrons. The van der Waals surface area contributed by atoms with Crippen LogP contribution in [0.5, 0.6) is 0 Å². The Morgan fingerprint density at radius 1 is 0.867 bits per heavy atom. The molecular weight excluding hydrogens is 609 g/mol. The number of quaternary nitrogens is 1. The monoisotopic (exact) mass is 649 g/mol. The zero-order valence-electron chi connectivity index (χ0n) is 25.3. The van der Waals surface area contributed by atoms with Gasteiger partial charge in [0.25, 0.3) is 0 Å². The standard InChI is InChI=1S/C26H40N11O7P/c1-4-37(5-2,6-3)44-45(40-10-18-15(39)7-19(42-18)35-13-33-21-23(27)29-11-31-25(21)35)43-16-8-20(41-17(16)9-38)36-14-34-22-24(28)30-12-32-26(22)36/h11-20,38-39,45H,4-10H2,1-3H3,(H2,27,29,31)(H2,28,30,32)/q+2/t15-,16-,17+,18+,19+,20+/m0/s1. The minimum absolute atomic E-state index is 0.00993. The van der Waals surface area contributed by atoms with Gasteiger partial charge in [-0.25, -0.2) is 29.9 Å². The van der Waals surface area contributed by atoms with Gasteiger partial charge in [-0.05, 0) is 20.8 Å². The van der Waals surface area contributed by atoms with E-state index in [4.69, 9.17) is 34.6 Å². The first-order chi connectivity index (χ1) is 21.8. The zero-order chi connectivity index (χ0) is 31.7. The predicted octanol–water partition coefficient (Wildman–Crippen LogP) is 0.928. The van der Waals surface area contributed by atoms with Crippen LogP contribution in [0.3, 0.4) is 0 Å². The largest absolute Gasteiger partial charge is 0.465 e. The average molecular weight is 650 g/mol. The van der Waals surface area contributed by atoms with Crippen LogP contribution in [0.2, 0.25) is 0 Å². The highest BCUT2D eigenvalue weighted by Gasteiger charge is 2.47. The Morgan fingerprint density at radius 2 is 1.42 bits per heavy atom. The average Bonchev–Trinajstić information content (AvgIpc) is 3.84. The molecule has 0 spiro atoms. The van der Waals surface area contributed by atoms with Crippen molar-refractivity contribution in [2.45, 2.75) is 70.5 Å². The third-order valence-electron chi connectivity index (χ3n) is 8.57. The van der Waals surface area contributed by atoms with Crippen molar-refractivity contribution in [3.8, 4) is 0 Å². The van der Waals surface area contributed by atoms with E-state index in [2.05, 4.69) is 29.9 Å². The van der Waals surface area contributed by atoms with Gasteiger partial charge in [-0.2, -0.15) is 9.05 Å². The molecule has 6 rings (SSSR count). The van der Waals surface area contributed by atoms with Gasteiger partial charge in [0, 0.05) is 17.5 Å². The number of imidazole rings is 2.